The SMILES string of the molecule is COc1ccc(S(=O)(=O)NC(C)c2cc(F)ccc2N2CCN(C)CC2)c2ccccc12. The number of anilines is 1. The Morgan fingerprint density at radius 1 is 1.00 bits per heavy atom. The van der Waals surface area contributed by atoms with Crippen LogP contribution in [-0.2, 0) is 10.0 Å². The average Bonchev–Trinajstić information content (AvgIpc) is 2.78. The molecular weight excluding hydrogens is 429 g/mol. The number of likely N-dealkylation sites (N-methyl/N-ethyl adjacent to an activating group) is 1. The summed E-state index contributed by atoms with van der Waals surface area (Å²) in [4.78, 5) is 4.58. The molecule has 0 saturated carbocycles. The summed E-state index contributed by atoms with van der Waals surface area (Å²) >= 11 is 0. The van der Waals surface area contributed by atoms with Crippen LogP contribution in [0.1, 0.15) is 18.5 Å². The molecule has 4 rings (SSSR count). The summed E-state index contributed by atoms with van der Waals surface area (Å²) in [5.74, 6) is 0.217. The van der Waals surface area contributed by atoms with Gasteiger partial charge in [0.2, 0.25) is 10.0 Å². The molecule has 8 heteroatoms. The summed E-state index contributed by atoms with van der Waals surface area (Å²) in [5.41, 5.74) is 1.48. The maximum atomic E-state index is 14.2. The van der Waals surface area contributed by atoms with Crippen LogP contribution >= 0.6 is 0 Å². The lowest BCUT2D eigenvalue weighted by Crippen LogP contribution is -2.45. The summed E-state index contributed by atoms with van der Waals surface area (Å²) in [6, 6.07) is 14.4. The minimum absolute atomic E-state index is 0.165. The van der Waals surface area contributed by atoms with Gasteiger partial charge in [-0.05, 0) is 49.9 Å². The molecule has 3 aromatic rings. The van der Waals surface area contributed by atoms with Crippen molar-refractivity contribution in [1.29, 1.82) is 0 Å². The van der Waals surface area contributed by atoms with Crippen LogP contribution in [0.4, 0.5) is 10.1 Å². The second kappa shape index (κ2) is 9.05. The van der Waals surface area contributed by atoms with E-state index in [1.165, 1.54) is 12.1 Å². The molecular formula is C24H28FN3O3S. The third kappa shape index (κ3) is 4.44. The molecule has 0 aliphatic carbocycles. The van der Waals surface area contributed by atoms with Crippen LogP contribution in [0, 0.1) is 5.82 Å². The summed E-state index contributed by atoms with van der Waals surface area (Å²) in [7, 11) is -0.259. The molecule has 0 bridgehead atoms. The fourth-order valence-corrected chi connectivity index (χ4v) is 5.66. The van der Waals surface area contributed by atoms with Crippen LogP contribution in [0.2, 0.25) is 0 Å². The van der Waals surface area contributed by atoms with E-state index in [1.54, 1.807) is 44.4 Å². The summed E-state index contributed by atoms with van der Waals surface area (Å²) < 4.78 is 49.1. The molecule has 0 spiro atoms. The number of methoxy groups -OCH3 is 1. The number of benzene rings is 3. The summed E-state index contributed by atoms with van der Waals surface area (Å²) in [6.45, 7) is 5.15. The number of hydrogen-bond donors (Lipinski definition) is 1. The van der Waals surface area contributed by atoms with Crippen molar-refractivity contribution in [2.75, 3.05) is 45.2 Å². The van der Waals surface area contributed by atoms with Gasteiger partial charge in [0.05, 0.1) is 12.0 Å². The van der Waals surface area contributed by atoms with E-state index in [9.17, 15) is 12.8 Å². The third-order valence-corrected chi connectivity index (χ3v) is 7.58. The largest absolute Gasteiger partial charge is 0.496 e. The lowest BCUT2D eigenvalue weighted by Gasteiger charge is -2.36. The van der Waals surface area contributed by atoms with Crippen molar-refractivity contribution >= 4 is 26.5 Å². The fourth-order valence-electron chi connectivity index (χ4n) is 4.22. The fraction of sp³-hybridized carbons (Fsp3) is 0.333. The second-order valence-corrected chi connectivity index (χ2v) is 9.83. The molecule has 32 heavy (non-hydrogen) atoms. The Labute approximate surface area is 188 Å². The first kappa shape index (κ1) is 22.5. The highest BCUT2D eigenvalue weighted by molar-refractivity contribution is 7.89. The minimum Gasteiger partial charge on any atom is -0.496 e. The molecule has 3 aromatic carbocycles. The van der Waals surface area contributed by atoms with Gasteiger partial charge in [0.15, 0.2) is 0 Å². The van der Waals surface area contributed by atoms with Crippen LogP contribution in [0.5, 0.6) is 5.75 Å². The first-order valence-corrected chi connectivity index (χ1v) is 12.1. The molecule has 0 aromatic heterocycles. The van der Waals surface area contributed by atoms with Crippen molar-refractivity contribution in [2.24, 2.45) is 0 Å². The van der Waals surface area contributed by atoms with Gasteiger partial charge in [-0.3, -0.25) is 0 Å². The number of nitrogens with zero attached hydrogens (tertiary/aromatic N) is 2. The number of ether oxygens (including phenoxy) is 1. The number of rotatable bonds is 6. The highest BCUT2D eigenvalue weighted by Gasteiger charge is 2.25. The monoisotopic (exact) mass is 457 g/mol. The summed E-state index contributed by atoms with van der Waals surface area (Å²) in [6.07, 6.45) is 0. The molecule has 1 saturated heterocycles. The lowest BCUT2D eigenvalue weighted by atomic mass is 10.0. The number of halogens is 1. The van der Waals surface area contributed by atoms with E-state index in [1.807, 2.05) is 12.1 Å². The number of piperazine rings is 1. The summed E-state index contributed by atoms with van der Waals surface area (Å²) in [5, 5.41) is 1.29. The predicted molar refractivity (Wildman–Crippen MR) is 125 cm³/mol. The Morgan fingerprint density at radius 3 is 2.38 bits per heavy atom. The molecule has 0 radical (unpaired) electrons. The number of sulfonamides is 1. The lowest BCUT2D eigenvalue weighted by molar-refractivity contribution is 0.312. The molecule has 170 valence electrons. The van der Waals surface area contributed by atoms with Crippen LogP contribution in [-0.4, -0.2) is 53.7 Å². The van der Waals surface area contributed by atoms with Gasteiger partial charge in [0, 0.05) is 48.7 Å². The Kier molecular flexibility index (Phi) is 6.37. The zero-order chi connectivity index (χ0) is 22.9. The van der Waals surface area contributed by atoms with Crippen LogP contribution in [0.15, 0.2) is 59.5 Å². The van der Waals surface area contributed by atoms with Gasteiger partial charge in [0.25, 0.3) is 0 Å². The topological polar surface area (TPSA) is 61.9 Å². The highest BCUT2D eigenvalue weighted by Crippen LogP contribution is 2.33. The van der Waals surface area contributed by atoms with Crippen molar-refractivity contribution < 1.29 is 17.5 Å². The molecule has 1 N–H and O–H groups in total. The number of fused-ring (bicyclic) bond motifs is 1. The van der Waals surface area contributed by atoms with E-state index in [-0.39, 0.29) is 10.7 Å². The molecule has 0 amide bonds. The maximum Gasteiger partial charge on any atom is 0.241 e. The predicted octanol–water partition coefficient (Wildman–Crippen LogP) is 3.78. The van der Waals surface area contributed by atoms with Gasteiger partial charge < -0.3 is 14.5 Å². The molecule has 1 aliphatic rings. The Bertz CT molecular complexity index is 1220. The standard InChI is InChI=1S/C24H28FN3O3S/c1-17(21-16-18(25)8-9-22(21)28-14-12-27(2)13-15-28)26-32(29,30)24-11-10-23(31-3)19-6-4-5-7-20(19)24/h4-11,16-17,26H,12-15H2,1-3H3. The van der Waals surface area contributed by atoms with Crippen molar-refractivity contribution in [1.82, 2.24) is 9.62 Å². The zero-order valence-electron chi connectivity index (χ0n) is 18.5. The van der Waals surface area contributed by atoms with Gasteiger partial charge in [-0.25, -0.2) is 17.5 Å². The van der Waals surface area contributed by atoms with Gasteiger partial charge in [-0.2, -0.15) is 0 Å². The smallest absolute Gasteiger partial charge is 0.241 e. The highest BCUT2D eigenvalue weighted by atomic mass is 32.2. The molecule has 1 heterocycles. The van der Waals surface area contributed by atoms with E-state index in [2.05, 4.69) is 21.6 Å². The molecule has 1 unspecified atom stereocenters. The quantitative estimate of drug-likeness (QED) is 0.611. The minimum atomic E-state index is -3.88. The molecule has 1 fully saturated rings. The van der Waals surface area contributed by atoms with Crippen LogP contribution in [0.3, 0.4) is 0 Å². The van der Waals surface area contributed by atoms with Crippen LogP contribution in [0.25, 0.3) is 10.8 Å². The number of nitrogens with one attached hydrogen (secondary N) is 1. The van der Waals surface area contributed by atoms with Crippen molar-refractivity contribution in [3.05, 3.63) is 66.0 Å². The van der Waals surface area contributed by atoms with E-state index < -0.39 is 16.1 Å². The van der Waals surface area contributed by atoms with Gasteiger partial charge >= 0.3 is 0 Å². The zero-order valence-corrected chi connectivity index (χ0v) is 19.3. The van der Waals surface area contributed by atoms with Gasteiger partial charge in [-0.15, -0.1) is 0 Å². The van der Waals surface area contributed by atoms with Crippen molar-refractivity contribution in [2.45, 2.75) is 17.9 Å². The normalized spacial score (nSPS) is 16.3. The van der Waals surface area contributed by atoms with Gasteiger partial charge in [0.1, 0.15) is 11.6 Å². The van der Waals surface area contributed by atoms with Crippen molar-refractivity contribution in [3.8, 4) is 5.75 Å². The maximum absolute atomic E-state index is 14.2. The second-order valence-electron chi connectivity index (χ2n) is 8.15. The Morgan fingerprint density at radius 2 is 1.69 bits per heavy atom. The molecule has 1 atom stereocenters. The average molecular weight is 458 g/mol. The van der Waals surface area contributed by atoms with E-state index in [4.69, 9.17) is 4.74 Å². The van der Waals surface area contributed by atoms with Crippen LogP contribution < -0.4 is 14.4 Å². The Balaban J connectivity index is 1.68. The number of hydrogen-bond acceptors (Lipinski definition) is 5. The Hall–Kier alpha value is -2.68. The first-order valence-electron chi connectivity index (χ1n) is 10.6. The molecule has 1 aliphatic heterocycles. The van der Waals surface area contributed by atoms with E-state index in [0.717, 1.165) is 37.3 Å². The third-order valence-electron chi connectivity index (χ3n) is 5.99. The van der Waals surface area contributed by atoms with E-state index in [0.29, 0.717) is 16.7 Å². The van der Waals surface area contributed by atoms with E-state index >= 15 is 0 Å². The van der Waals surface area contributed by atoms with Gasteiger partial charge in [-0.1, -0.05) is 24.3 Å². The first-order chi connectivity index (χ1) is 15.3. The molecule has 6 nitrogen and oxygen atoms in total. The van der Waals surface area contributed by atoms with Crippen molar-refractivity contribution in [3.63, 3.8) is 0 Å².